The van der Waals surface area contributed by atoms with Gasteiger partial charge in [0.15, 0.2) is 5.13 Å². The van der Waals surface area contributed by atoms with Gasteiger partial charge in [-0.1, -0.05) is 65.4 Å². The average molecular weight is 458 g/mol. The topological polar surface area (TPSA) is 63.7 Å². The van der Waals surface area contributed by atoms with Gasteiger partial charge in [-0.25, -0.2) is 4.98 Å². The minimum absolute atomic E-state index is 0.140. The van der Waals surface area contributed by atoms with E-state index in [-0.39, 0.29) is 18.9 Å². The molecule has 8 heteroatoms. The Labute approximate surface area is 190 Å². The molecule has 1 aliphatic rings. The lowest BCUT2D eigenvalue weighted by atomic mass is 10.1. The molecule has 6 nitrogen and oxygen atoms in total. The number of halogens is 1. The van der Waals surface area contributed by atoms with E-state index in [1.165, 1.54) is 11.3 Å². The lowest BCUT2D eigenvalue weighted by Crippen LogP contribution is -2.35. The molecular weight excluding hydrogens is 434 g/mol. The van der Waals surface area contributed by atoms with Gasteiger partial charge in [0.1, 0.15) is 5.75 Å². The van der Waals surface area contributed by atoms with E-state index in [1.54, 1.807) is 12.1 Å². The molecule has 1 fully saturated rings. The molecule has 2 heterocycles. The van der Waals surface area contributed by atoms with E-state index in [0.29, 0.717) is 15.9 Å². The minimum atomic E-state index is -0.140. The number of nitrogens with zero attached hydrogens (tertiary/aromatic N) is 2. The van der Waals surface area contributed by atoms with Crippen LogP contribution in [0.5, 0.6) is 5.75 Å². The maximum atomic E-state index is 12.5. The minimum Gasteiger partial charge on any atom is -0.491 e. The van der Waals surface area contributed by atoms with Gasteiger partial charge in [-0.2, -0.15) is 0 Å². The molecule has 0 bridgehead atoms. The Bertz CT molecular complexity index is 1010. The van der Waals surface area contributed by atoms with E-state index >= 15 is 0 Å². The average Bonchev–Trinajstić information content (AvgIpc) is 3.18. The quantitative estimate of drug-likeness (QED) is 0.531. The van der Waals surface area contributed by atoms with Crippen molar-refractivity contribution in [2.24, 2.45) is 0 Å². The van der Waals surface area contributed by atoms with Gasteiger partial charge < -0.3 is 14.8 Å². The number of benzene rings is 2. The monoisotopic (exact) mass is 457 g/mol. The van der Waals surface area contributed by atoms with E-state index in [2.05, 4.69) is 10.2 Å². The van der Waals surface area contributed by atoms with Crippen LogP contribution in [0.4, 0.5) is 5.13 Å². The number of thiazole rings is 1. The van der Waals surface area contributed by atoms with Gasteiger partial charge in [0, 0.05) is 30.1 Å². The maximum absolute atomic E-state index is 12.5. The first-order valence-corrected chi connectivity index (χ1v) is 11.4. The predicted molar refractivity (Wildman–Crippen MR) is 124 cm³/mol. The number of ether oxygens (including phenoxy) is 2. The summed E-state index contributed by atoms with van der Waals surface area (Å²) in [4.78, 5) is 20.7. The molecule has 4 rings (SSSR count). The number of aromatic nitrogens is 1. The SMILES string of the molecule is O=C(CCOc1ccccc1Cl)Nc1nc(-c2ccccc2)c(CN2CCOCC2)s1. The third-order valence-electron chi connectivity index (χ3n) is 4.89. The zero-order valence-electron chi connectivity index (χ0n) is 17.1. The Morgan fingerprint density at radius 1 is 1.13 bits per heavy atom. The molecule has 0 atom stereocenters. The third-order valence-corrected chi connectivity index (χ3v) is 6.15. The largest absolute Gasteiger partial charge is 0.491 e. The number of rotatable bonds is 8. The van der Waals surface area contributed by atoms with Crippen LogP contribution in [0.3, 0.4) is 0 Å². The highest BCUT2D eigenvalue weighted by Gasteiger charge is 2.19. The highest BCUT2D eigenvalue weighted by atomic mass is 35.5. The highest BCUT2D eigenvalue weighted by Crippen LogP contribution is 2.32. The summed E-state index contributed by atoms with van der Waals surface area (Å²) in [5.74, 6) is 0.434. The van der Waals surface area contributed by atoms with Gasteiger partial charge in [0.25, 0.3) is 0 Å². The molecule has 3 aromatic rings. The van der Waals surface area contributed by atoms with Crippen LogP contribution in [-0.4, -0.2) is 48.7 Å². The molecule has 1 aliphatic heterocycles. The maximum Gasteiger partial charge on any atom is 0.229 e. The summed E-state index contributed by atoms with van der Waals surface area (Å²) in [6.45, 7) is 4.31. The molecule has 1 aromatic heterocycles. The number of hydrogen-bond donors (Lipinski definition) is 1. The lowest BCUT2D eigenvalue weighted by Gasteiger charge is -2.26. The van der Waals surface area contributed by atoms with Crippen molar-refractivity contribution in [3.05, 3.63) is 64.5 Å². The van der Waals surface area contributed by atoms with Gasteiger partial charge in [-0.05, 0) is 12.1 Å². The van der Waals surface area contributed by atoms with Crippen molar-refractivity contribution >= 4 is 34.0 Å². The third kappa shape index (κ3) is 6.04. The molecule has 0 unspecified atom stereocenters. The van der Waals surface area contributed by atoms with Crippen LogP contribution in [0.2, 0.25) is 5.02 Å². The van der Waals surface area contributed by atoms with E-state index in [1.807, 2.05) is 42.5 Å². The number of carbonyl (C=O) groups excluding carboxylic acids is 1. The van der Waals surface area contributed by atoms with Gasteiger partial charge >= 0.3 is 0 Å². The van der Waals surface area contributed by atoms with Crippen molar-refractivity contribution in [1.82, 2.24) is 9.88 Å². The van der Waals surface area contributed by atoms with Crippen LogP contribution in [0.25, 0.3) is 11.3 Å². The Morgan fingerprint density at radius 2 is 1.87 bits per heavy atom. The molecule has 31 heavy (non-hydrogen) atoms. The number of carbonyl (C=O) groups is 1. The second kappa shape index (κ2) is 10.7. The number of para-hydroxylation sites is 1. The zero-order valence-corrected chi connectivity index (χ0v) is 18.6. The number of hydrogen-bond acceptors (Lipinski definition) is 6. The molecule has 0 radical (unpaired) electrons. The van der Waals surface area contributed by atoms with Crippen LogP contribution in [0, 0.1) is 0 Å². The lowest BCUT2D eigenvalue weighted by molar-refractivity contribution is -0.116. The fraction of sp³-hybridized carbons (Fsp3) is 0.304. The fourth-order valence-corrected chi connectivity index (χ4v) is 4.53. The van der Waals surface area contributed by atoms with E-state index in [4.69, 9.17) is 26.1 Å². The summed E-state index contributed by atoms with van der Waals surface area (Å²) in [6.07, 6.45) is 0.213. The molecular formula is C23H24ClN3O3S. The fourth-order valence-electron chi connectivity index (χ4n) is 3.29. The van der Waals surface area contributed by atoms with E-state index < -0.39 is 0 Å². The molecule has 162 valence electrons. The van der Waals surface area contributed by atoms with Crippen LogP contribution in [0.1, 0.15) is 11.3 Å². The van der Waals surface area contributed by atoms with Gasteiger partial charge in [0.05, 0.1) is 37.0 Å². The Kier molecular flexibility index (Phi) is 7.53. The first-order valence-electron chi connectivity index (χ1n) is 10.2. The first-order chi connectivity index (χ1) is 15.2. The molecule has 0 saturated carbocycles. The molecule has 0 aliphatic carbocycles. The second-order valence-electron chi connectivity index (χ2n) is 7.12. The van der Waals surface area contributed by atoms with Crippen LogP contribution < -0.4 is 10.1 Å². The molecule has 1 amide bonds. The van der Waals surface area contributed by atoms with Crippen molar-refractivity contribution in [3.8, 4) is 17.0 Å². The smallest absolute Gasteiger partial charge is 0.229 e. The van der Waals surface area contributed by atoms with E-state index in [0.717, 1.165) is 49.0 Å². The summed E-state index contributed by atoms with van der Waals surface area (Å²) in [6, 6.07) is 17.3. The summed E-state index contributed by atoms with van der Waals surface area (Å²) in [7, 11) is 0. The summed E-state index contributed by atoms with van der Waals surface area (Å²) in [5, 5.41) is 4.06. The van der Waals surface area contributed by atoms with Gasteiger partial charge in [-0.3, -0.25) is 9.69 Å². The van der Waals surface area contributed by atoms with Gasteiger partial charge in [0.2, 0.25) is 5.91 Å². The second-order valence-corrected chi connectivity index (χ2v) is 8.61. The van der Waals surface area contributed by atoms with Crippen molar-refractivity contribution in [2.75, 3.05) is 38.2 Å². The van der Waals surface area contributed by atoms with Crippen LogP contribution in [-0.2, 0) is 16.1 Å². The zero-order chi connectivity index (χ0) is 21.5. The summed E-state index contributed by atoms with van der Waals surface area (Å²) < 4.78 is 11.1. The first kappa shape index (κ1) is 21.8. The van der Waals surface area contributed by atoms with Crippen LogP contribution in [0.15, 0.2) is 54.6 Å². The van der Waals surface area contributed by atoms with Crippen molar-refractivity contribution in [3.63, 3.8) is 0 Å². The Morgan fingerprint density at radius 3 is 2.65 bits per heavy atom. The molecule has 1 N–H and O–H groups in total. The van der Waals surface area contributed by atoms with Crippen LogP contribution >= 0.6 is 22.9 Å². The standard InChI is InChI=1S/C23H24ClN3O3S/c24-18-8-4-5-9-19(18)30-13-10-21(28)25-23-26-22(17-6-2-1-3-7-17)20(31-23)16-27-11-14-29-15-12-27/h1-9H,10-16H2,(H,25,26,28). The van der Waals surface area contributed by atoms with Crippen molar-refractivity contribution in [2.45, 2.75) is 13.0 Å². The molecule has 1 saturated heterocycles. The number of amides is 1. The van der Waals surface area contributed by atoms with E-state index in [9.17, 15) is 4.79 Å². The van der Waals surface area contributed by atoms with Crippen molar-refractivity contribution < 1.29 is 14.3 Å². The molecule has 2 aromatic carbocycles. The Balaban J connectivity index is 1.41. The number of morpholine rings is 1. The summed E-state index contributed by atoms with van der Waals surface area (Å²) in [5.41, 5.74) is 1.96. The normalized spacial score (nSPS) is 14.4. The predicted octanol–water partition coefficient (Wildman–Crippen LogP) is 4.70. The van der Waals surface area contributed by atoms with Gasteiger partial charge in [-0.15, -0.1) is 0 Å². The highest BCUT2D eigenvalue weighted by molar-refractivity contribution is 7.16. The summed E-state index contributed by atoms with van der Waals surface area (Å²) >= 11 is 7.60. The number of anilines is 1. The Hall–Kier alpha value is -2.45. The molecule has 0 spiro atoms. The van der Waals surface area contributed by atoms with Crippen molar-refractivity contribution in [1.29, 1.82) is 0 Å². The number of nitrogens with one attached hydrogen (secondary N) is 1.